The Morgan fingerprint density at radius 1 is 1.16 bits per heavy atom. The Morgan fingerprint density at radius 3 is 2.62 bits per heavy atom. The number of para-hydroxylation sites is 1. The van der Waals surface area contributed by atoms with Crippen molar-refractivity contribution in [2.75, 3.05) is 32.2 Å². The third-order valence-corrected chi connectivity index (χ3v) is 5.40. The Balaban J connectivity index is 1.46. The zero-order valence-electron chi connectivity index (χ0n) is 17.9. The Hall–Kier alpha value is -3.71. The second kappa shape index (κ2) is 8.80. The zero-order valence-corrected chi connectivity index (χ0v) is 17.9. The molecule has 0 aliphatic carbocycles. The van der Waals surface area contributed by atoms with Crippen molar-refractivity contribution < 1.29 is 24.2 Å². The van der Waals surface area contributed by atoms with Gasteiger partial charge >= 0.3 is 11.9 Å². The number of pyridine rings is 1. The van der Waals surface area contributed by atoms with Crippen LogP contribution in [0.1, 0.15) is 22.5 Å². The van der Waals surface area contributed by atoms with E-state index in [4.69, 9.17) is 9.47 Å². The summed E-state index contributed by atoms with van der Waals surface area (Å²) >= 11 is 0. The molecule has 0 spiro atoms. The first-order valence-electron chi connectivity index (χ1n) is 10.2. The van der Waals surface area contributed by atoms with Gasteiger partial charge in [-0.1, -0.05) is 24.3 Å². The topological polar surface area (TPSA) is 89.0 Å². The van der Waals surface area contributed by atoms with E-state index in [2.05, 4.69) is 4.98 Å². The molecule has 1 aromatic heterocycles. The number of fused-ring (bicyclic) bond motifs is 1. The number of esters is 2. The maximum Gasteiger partial charge on any atom is 0.338 e. The molecule has 1 fully saturated rings. The number of aromatic nitrogens is 1. The van der Waals surface area contributed by atoms with E-state index in [0.29, 0.717) is 16.8 Å². The standard InChI is InChI=1S/C25H24N2O5/c1-27(2)21-11-8-18(9-12-21)23(29)31-16-25(15-28)14-19(24(30)32-25)13-20-10-7-17-5-3-4-6-22(17)26-20/h3-13,28H,14-16H2,1-2H3/b19-13+. The van der Waals surface area contributed by atoms with Crippen molar-refractivity contribution in [1.82, 2.24) is 4.98 Å². The van der Waals surface area contributed by atoms with E-state index in [1.807, 2.05) is 67.5 Å². The quantitative estimate of drug-likeness (QED) is 0.473. The summed E-state index contributed by atoms with van der Waals surface area (Å²) in [7, 11) is 3.82. The molecule has 2 aromatic carbocycles. The third-order valence-electron chi connectivity index (χ3n) is 5.40. The third kappa shape index (κ3) is 4.48. The lowest BCUT2D eigenvalue weighted by Gasteiger charge is -2.24. The Bertz CT molecular complexity index is 1190. The summed E-state index contributed by atoms with van der Waals surface area (Å²) < 4.78 is 10.8. The number of benzene rings is 2. The largest absolute Gasteiger partial charge is 0.458 e. The van der Waals surface area contributed by atoms with Gasteiger partial charge in [0.2, 0.25) is 0 Å². The van der Waals surface area contributed by atoms with Crippen LogP contribution in [0.5, 0.6) is 0 Å². The molecule has 4 rings (SSSR count). The number of hydrogen-bond donors (Lipinski definition) is 1. The fourth-order valence-corrected chi connectivity index (χ4v) is 3.56. The molecule has 0 bridgehead atoms. The van der Waals surface area contributed by atoms with Crippen LogP contribution < -0.4 is 4.90 Å². The second-order valence-corrected chi connectivity index (χ2v) is 8.02. The SMILES string of the molecule is CN(C)c1ccc(C(=O)OCC2(CO)C/C(=C\c3ccc4ccccc4n3)C(=O)O2)cc1. The summed E-state index contributed by atoms with van der Waals surface area (Å²) in [6, 6.07) is 18.4. The van der Waals surface area contributed by atoms with Crippen molar-refractivity contribution >= 4 is 34.6 Å². The number of cyclic esters (lactones) is 1. The Morgan fingerprint density at radius 2 is 1.91 bits per heavy atom. The average molecular weight is 432 g/mol. The highest BCUT2D eigenvalue weighted by Gasteiger charge is 2.44. The van der Waals surface area contributed by atoms with E-state index in [0.717, 1.165) is 16.6 Å². The number of carbonyl (C=O) groups is 2. The number of anilines is 1. The molecule has 1 N–H and O–H groups in total. The van der Waals surface area contributed by atoms with Crippen LogP contribution >= 0.6 is 0 Å². The molecule has 1 aliphatic heterocycles. The first kappa shape index (κ1) is 21.5. The number of ether oxygens (including phenoxy) is 2. The molecular weight excluding hydrogens is 408 g/mol. The lowest BCUT2D eigenvalue weighted by atomic mass is 9.98. The molecule has 7 heteroatoms. The van der Waals surface area contributed by atoms with E-state index in [9.17, 15) is 14.7 Å². The Kier molecular flexibility index (Phi) is 5.92. The van der Waals surface area contributed by atoms with Gasteiger partial charge in [0.1, 0.15) is 6.61 Å². The zero-order chi connectivity index (χ0) is 22.7. The molecule has 3 aromatic rings. The highest BCUT2D eigenvalue weighted by atomic mass is 16.6. The van der Waals surface area contributed by atoms with Crippen LogP contribution in [-0.2, 0) is 14.3 Å². The van der Waals surface area contributed by atoms with Crippen LogP contribution in [-0.4, -0.2) is 54.9 Å². The summed E-state index contributed by atoms with van der Waals surface area (Å²) in [4.78, 5) is 31.4. The van der Waals surface area contributed by atoms with Crippen molar-refractivity contribution in [2.24, 2.45) is 0 Å². The van der Waals surface area contributed by atoms with E-state index in [1.165, 1.54) is 0 Å². The lowest BCUT2D eigenvalue weighted by Crippen LogP contribution is -2.39. The summed E-state index contributed by atoms with van der Waals surface area (Å²) in [6.07, 6.45) is 1.76. The number of hydrogen-bond acceptors (Lipinski definition) is 7. The van der Waals surface area contributed by atoms with Gasteiger partial charge in [-0.2, -0.15) is 0 Å². The van der Waals surface area contributed by atoms with Crippen LogP contribution in [0, 0.1) is 0 Å². The lowest BCUT2D eigenvalue weighted by molar-refractivity contribution is -0.154. The minimum absolute atomic E-state index is 0.115. The average Bonchev–Trinajstić information content (AvgIpc) is 3.13. The van der Waals surface area contributed by atoms with Gasteiger partial charge in [-0.15, -0.1) is 0 Å². The monoisotopic (exact) mass is 432 g/mol. The molecule has 1 unspecified atom stereocenters. The smallest absolute Gasteiger partial charge is 0.338 e. The minimum Gasteiger partial charge on any atom is -0.458 e. The number of rotatable bonds is 6. The molecule has 0 radical (unpaired) electrons. The molecule has 0 saturated carbocycles. The Labute approximate surface area is 185 Å². The van der Waals surface area contributed by atoms with Crippen molar-refractivity contribution in [3.05, 3.63) is 77.5 Å². The molecule has 1 aliphatic rings. The molecule has 1 atom stereocenters. The first-order chi connectivity index (χ1) is 15.4. The van der Waals surface area contributed by atoms with Crippen LogP contribution in [0.2, 0.25) is 0 Å². The maximum atomic E-state index is 12.5. The highest BCUT2D eigenvalue weighted by Crippen LogP contribution is 2.32. The van der Waals surface area contributed by atoms with Crippen molar-refractivity contribution in [3.63, 3.8) is 0 Å². The van der Waals surface area contributed by atoms with Gasteiger partial charge in [0.25, 0.3) is 0 Å². The molecule has 32 heavy (non-hydrogen) atoms. The number of nitrogens with zero attached hydrogens (tertiary/aromatic N) is 2. The van der Waals surface area contributed by atoms with Crippen LogP contribution in [0.25, 0.3) is 17.0 Å². The van der Waals surface area contributed by atoms with Gasteiger partial charge in [-0.25, -0.2) is 14.6 Å². The summed E-state index contributed by atoms with van der Waals surface area (Å²) in [5.74, 6) is -1.10. The van der Waals surface area contributed by atoms with E-state index < -0.39 is 24.1 Å². The number of aliphatic hydroxyl groups is 1. The van der Waals surface area contributed by atoms with Crippen molar-refractivity contribution in [2.45, 2.75) is 12.0 Å². The fraction of sp³-hybridized carbons (Fsp3) is 0.240. The van der Waals surface area contributed by atoms with Gasteiger partial charge in [0.15, 0.2) is 5.60 Å². The van der Waals surface area contributed by atoms with Crippen LogP contribution in [0.15, 0.2) is 66.2 Å². The molecule has 164 valence electrons. The molecular formula is C25H24N2O5. The summed E-state index contributed by atoms with van der Waals surface area (Å²) in [6.45, 7) is -0.708. The normalized spacial score (nSPS) is 19.2. The highest BCUT2D eigenvalue weighted by molar-refractivity contribution is 5.96. The molecule has 0 amide bonds. The molecule has 7 nitrogen and oxygen atoms in total. The summed E-state index contributed by atoms with van der Waals surface area (Å²) in [5, 5.41) is 10.9. The van der Waals surface area contributed by atoms with Crippen molar-refractivity contribution in [3.8, 4) is 0 Å². The van der Waals surface area contributed by atoms with Gasteiger partial charge in [0, 0.05) is 37.2 Å². The van der Waals surface area contributed by atoms with Gasteiger partial charge in [0.05, 0.1) is 23.4 Å². The minimum atomic E-state index is -1.31. The molecule has 2 heterocycles. The maximum absolute atomic E-state index is 12.5. The second-order valence-electron chi connectivity index (χ2n) is 8.02. The summed E-state index contributed by atoms with van der Waals surface area (Å²) in [5.41, 5.74) is 1.82. The van der Waals surface area contributed by atoms with Crippen molar-refractivity contribution in [1.29, 1.82) is 0 Å². The van der Waals surface area contributed by atoms with Gasteiger partial charge in [-0.05, 0) is 42.5 Å². The number of aliphatic hydroxyl groups excluding tert-OH is 1. The van der Waals surface area contributed by atoms with E-state index in [-0.39, 0.29) is 13.0 Å². The van der Waals surface area contributed by atoms with E-state index >= 15 is 0 Å². The predicted molar refractivity (Wildman–Crippen MR) is 121 cm³/mol. The molecule has 1 saturated heterocycles. The predicted octanol–water partition coefficient (Wildman–Crippen LogP) is 3.22. The van der Waals surface area contributed by atoms with Gasteiger partial charge in [-0.3, -0.25) is 0 Å². The van der Waals surface area contributed by atoms with Crippen LogP contribution in [0.3, 0.4) is 0 Å². The van der Waals surface area contributed by atoms with Crippen LogP contribution in [0.4, 0.5) is 5.69 Å². The first-order valence-corrected chi connectivity index (χ1v) is 10.2. The number of carbonyl (C=O) groups excluding carboxylic acids is 2. The van der Waals surface area contributed by atoms with Gasteiger partial charge < -0.3 is 19.5 Å². The van der Waals surface area contributed by atoms with E-state index in [1.54, 1.807) is 18.2 Å². The fourth-order valence-electron chi connectivity index (χ4n) is 3.56.